The molecule has 1 aliphatic heterocycles. The van der Waals surface area contributed by atoms with Gasteiger partial charge in [-0.2, -0.15) is 0 Å². The summed E-state index contributed by atoms with van der Waals surface area (Å²) in [7, 11) is 0. The van der Waals surface area contributed by atoms with E-state index in [0.717, 1.165) is 60.5 Å². The highest BCUT2D eigenvalue weighted by Gasteiger charge is 2.41. The standard InChI is InChI=1S/C35H40N2O3/c1-3-5-8-17-33(39)37-31-16-12-11-15-29(31)36-30-23-27(25-13-9-7-10-14-25)24-32(38)34(30)35(37)26-18-20-28(21-19-26)40-22-6-4-2/h7,9-16,18-21,27,35-36H,3-6,8,17,22-24H2,1-2H3/t27-,35-/m1/s1. The molecule has 40 heavy (non-hydrogen) atoms. The van der Waals surface area contributed by atoms with E-state index in [-0.39, 0.29) is 17.6 Å². The third-order valence-corrected chi connectivity index (χ3v) is 7.98. The minimum atomic E-state index is -0.505. The Labute approximate surface area is 238 Å². The molecule has 5 heteroatoms. The molecule has 0 saturated heterocycles. The first-order chi connectivity index (χ1) is 19.6. The molecular weight excluding hydrogens is 496 g/mol. The van der Waals surface area contributed by atoms with Gasteiger partial charge in [-0.05, 0) is 60.6 Å². The van der Waals surface area contributed by atoms with Crippen molar-refractivity contribution >= 4 is 23.1 Å². The van der Waals surface area contributed by atoms with Gasteiger partial charge in [0.1, 0.15) is 5.75 Å². The number of nitrogens with one attached hydrogen (secondary N) is 1. The second kappa shape index (κ2) is 13.0. The van der Waals surface area contributed by atoms with Gasteiger partial charge < -0.3 is 10.1 Å². The van der Waals surface area contributed by atoms with Crippen LogP contribution in [-0.4, -0.2) is 18.3 Å². The van der Waals surface area contributed by atoms with Crippen LogP contribution in [0.4, 0.5) is 11.4 Å². The van der Waals surface area contributed by atoms with Gasteiger partial charge in [0.2, 0.25) is 5.91 Å². The van der Waals surface area contributed by atoms with E-state index >= 15 is 0 Å². The normalized spacial score (nSPS) is 18.4. The maximum absolute atomic E-state index is 14.1. The number of amides is 1. The SMILES string of the molecule is CCCCCC(=O)N1c2ccccc2NC2=C(C(=O)C[C@H](c3ccccc3)C2)[C@H]1c1ccc(OCCCC)cc1. The molecule has 0 fully saturated rings. The summed E-state index contributed by atoms with van der Waals surface area (Å²) in [4.78, 5) is 30.0. The van der Waals surface area contributed by atoms with Crippen molar-refractivity contribution in [1.82, 2.24) is 0 Å². The third kappa shape index (κ3) is 5.99. The highest BCUT2D eigenvalue weighted by atomic mass is 16.5. The lowest BCUT2D eigenvalue weighted by Gasteiger charge is -2.35. The van der Waals surface area contributed by atoms with Gasteiger partial charge in [0.25, 0.3) is 0 Å². The average molecular weight is 537 g/mol. The average Bonchev–Trinajstić information content (AvgIpc) is 3.13. The molecule has 1 N–H and O–H groups in total. The van der Waals surface area contributed by atoms with E-state index in [0.29, 0.717) is 31.4 Å². The lowest BCUT2D eigenvalue weighted by atomic mass is 9.78. The number of rotatable bonds is 10. The van der Waals surface area contributed by atoms with Crippen LogP contribution in [0.15, 0.2) is 90.1 Å². The van der Waals surface area contributed by atoms with Gasteiger partial charge in [0.15, 0.2) is 5.78 Å². The molecule has 1 amide bonds. The van der Waals surface area contributed by atoms with Crippen LogP contribution < -0.4 is 15.0 Å². The number of carbonyl (C=O) groups excluding carboxylic acids is 2. The molecule has 1 aliphatic carbocycles. The number of carbonyl (C=O) groups is 2. The van der Waals surface area contributed by atoms with Crippen LogP contribution >= 0.6 is 0 Å². The van der Waals surface area contributed by atoms with Crippen LogP contribution in [0.3, 0.4) is 0 Å². The molecule has 0 aromatic heterocycles. The Morgan fingerprint density at radius 3 is 2.33 bits per heavy atom. The van der Waals surface area contributed by atoms with Crippen LogP contribution in [0.5, 0.6) is 5.75 Å². The Kier molecular flexibility index (Phi) is 9.00. The van der Waals surface area contributed by atoms with E-state index in [1.807, 2.05) is 71.6 Å². The molecule has 208 valence electrons. The van der Waals surface area contributed by atoms with Crippen molar-refractivity contribution in [2.75, 3.05) is 16.8 Å². The van der Waals surface area contributed by atoms with Gasteiger partial charge in [-0.3, -0.25) is 14.5 Å². The molecule has 3 aromatic rings. The number of unbranched alkanes of at least 4 members (excludes halogenated alkanes) is 3. The number of para-hydroxylation sites is 2. The van der Waals surface area contributed by atoms with Crippen molar-refractivity contribution in [1.29, 1.82) is 0 Å². The Hall–Kier alpha value is -3.86. The molecule has 0 spiro atoms. The first-order valence-electron chi connectivity index (χ1n) is 14.8. The summed E-state index contributed by atoms with van der Waals surface area (Å²) in [6, 6.07) is 25.7. The number of anilines is 2. The van der Waals surface area contributed by atoms with Gasteiger partial charge in [0, 0.05) is 24.1 Å². The fourth-order valence-electron chi connectivity index (χ4n) is 5.87. The Bertz CT molecular complexity index is 1350. The third-order valence-electron chi connectivity index (χ3n) is 7.98. The Morgan fingerprint density at radius 2 is 1.57 bits per heavy atom. The smallest absolute Gasteiger partial charge is 0.227 e. The van der Waals surface area contributed by atoms with Crippen LogP contribution in [0, 0.1) is 0 Å². The number of ketones is 1. The topological polar surface area (TPSA) is 58.6 Å². The summed E-state index contributed by atoms with van der Waals surface area (Å²) in [5.74, 6) is 1.03. The van der Waals surface area contributed by atoms with Crippen molar-refractivity contribution in [3.63, 3.8) is 0 Å². The van der Waals surface area contributed by atoms with E-state index in [9.17, 15) is 9.59 Å². The summed E-state index contributed by atoms with van der Waals surface area (Å²) in [5, 5.41) is 3.63. The molecular formula is C35H40N2O3. The fraction of sp³-hybridized carbons (Fsp3) is 0.371. The van der Waals surface area contributed by atoms with Crippen molar-refractivity contribution < 1.29 is 14.3 Å². The number of Topliss-reactive ketones (excluding diaryl/α,β-unsaturated/α-hetero) is 1. The lowest BCUT2D eigenvalue weighted by Crippen LogP contribution is -2.38. The highest BCUT2D eigenvalue weighted by molar-refractivity contribution is 6.06. The maximum atomic E-state index is 14.1. The number of hydrogen-bond acceptors (Lipinski definition) is 4. The molecule has 1 heterocycles. The Balaban J connectivity index is 1.60. The van der Waals surface area contributed by atoms with Crippen molar-refractivity contribution in [3.05, 3.63) is 101 Å². The van der Waals surface area contributed by atoms with Crippen LogP contribution in [0.2, 0.25) is 0 Å². The van der Waals surface area contributed by atoms with Crippen LogP contribution in [-0.2, 0) is 9.59 Å². The van der Waals surface area contributed by atoms with E-state index in [1.165, 1.54) is 5.56 Å². The van der Waals surface area contributed by atoms with Crippen molar-refractivity contribution in [2.45, 2.75) is 77.2 Å². The van der Waals surface area contributed by atoms with E-state index < -0.39 is 6.04 Å². The highest BCUT2D eigenvalue weighted by Crippen LogP contribution is 2.47. The van der Waals surface area contributed by atoms with Gasteiger partial charge >= 0.3 is 0 Å². The predicted molar refractivity (Wildman–Crippen MR) is 162 cm³/mol. The second-order valence-corrected chi connectivity index (χ2v) is 10.9. The summed E-state index contributed by atoms with van der Waals surface area (Å²) in [5.41, 5.74) is 5.38. The van der Waals surface area contributed by atoms with Crippen molar-refractivity contribution in [3.8, 4) is 5.75 Å². The summed E-state index contributed by atoms with van der Waals surface area (Å²) < 4.78 is 5.93. The molecule has 5 rings (SSSR count). The molecule has 2 atom stereocenters. The van der Waals surface area contributed by atoms with Gasteiger partial charge in [-0.25, -0.2) is 0 Å². The molecule has 0 saturated carbocycles. The quantitative estimate of drug-likeness (QED) is 0.265. The minimum Gasteiger partial charge on any atom is -0.494 e. The van der Waals surface area contributed by atoms with Gasteiger partial charge in [-0.15, -0.1) is 0 Å². The molecule has 0 unspecified atom stereocenters. The van der Waals surface area contributed by atoms with E-state index in [1.54, 1.807) is 0 Å². The van der Waals surface area contributed by atoms with Crippen LogP contribution in [0.25, 0.3) is 0 Å². The molecule has 2 aliphatic rings. The second-order valence-electron chi connectivity index (χ2n) is 10.9. The van der Waals surface area contributed by atoms with Crippen LogP contribution in [0.1, 0.15) is 88.3 Å². The largest absolute Gasteiger partial charge is 0.494 e. The molecule has 5 nitrogen and oxygen atoms in total. The zero-order chi connectivity index (χ0) is 27.9. The first kappa shape index (κ1) is 27.7. The zero-order valence-corrected chi connectivity index (χ0v) is 23.7. The fourth-order valence-corrected chi connectivity index (χ4v) is 5.87. The number of benzene rings is 3. The van der Waals surface area contributed by atoms with Gasteiger partial charge in [-0.1, -0.05) is 87.7 Å². The zero-order valence-electron chi connectivity index (χ0n) is 23.7. The monoisotopic (exact) mass is 536 g/mol. The van der Waals surface area contributed by atoms with E-state index in [2.05, 4.69) is 31.3 Å². The summed E-state index contributed by atoms with van der Waals surface area (Å²) >= 11 is 0. The van der Waals surface area contributed by atoms with E-state index in [4.69, 9.17) is 4.74 Å². The molecule has 0 bridgehead atoms. The summed E-state index contributed by atoms with van der Waals surface area (Å²) in [6.07, 6.45) is 6.53. The Morgan fingerprint density at radius 1 is 0.850 bits per heavy atom. The summed E-state index contributed by atoms with van der Waals surface area (Å²) in [6.45, 7) is 4.96. The number of allylic oxidation sites excluding steroid dienone is 1. The number of hydrogen-bond donors (Lipinski definition) is 1. The van der Waals surface area contributed by atoms with Crippen molar-refractivity contribution in [2.24, 2.45) is 0 Å². The lowest BCUT2D eigenvalue weighted by molar-refractivity contribution is -0.119. The number of ether oxygens (including phenoxy) is 1. The molecule has 0 radical (unpaired) electrons. The number of nitrogens with zero attached hydrogens (tertiary/aromatic N) is 1. The number of fused-ring (bicyclic) bond motifs is 1. The maximum Gasteiger partial charge on any atom is 0.227 e. The predicted octanol–water partition coefficient (Wildman–Crippen LogP) is 8.35. The van der Waals surface area contributed by atoms with Gasteiger partial charge in [0.05, 0.1) is 24.0 Å². The first-order valence-corrected chi connectivity index (χ1v) is 14.8. The minimum absolute atomic E-state index is 0.0442. The molecule has 3 aromatic carbocycles.